The van der Waals surface area contributed by atoms with Crippen molar-refractivity contribution in [3.05, 3.63) is 41.3 Å². The van der Waals surface area contributed by atoms with Crippen LogP contribution in [0.3, 0.4) is 0 Å². The number of rotatable bonds is 1. The molecule has 1 unspecified atom stereocenters. The molecular weight excluding hydrogens is 276 g/mol. The molecule has 3 atom stereocenters. The van der Waals surface area contributed by atoms with Gasteiger partial charge in [0, 0.05) is 28.7 Å². The van der Waals surface area contributed by atoms with Gasteiger partial charge in [0.25, 0.3) is 0 Å². The predicted octanol–water partition coefficient (Wildman–Crippen LogP) is 2.50. The number of aliphatic hydroxyl groups is 1. The second-order valence-corrected chi connectivity index (χ2v) is 5.83. The van der Waals surface area contributed by atoms with Crippen molar-refractivity contribution in [2.75, 3.05) is 13.2 Å². The highest BCUT2D eigenvalue weighted by Crippen LogP contribution is 2.48. The molecule has 2 aliphatic rings. The van der Waals surface area contributed by atoms with Crippen LogP contribution in [0.1, 0.15) is 18.0 Å². The number of benzene rings is 1. The van der Waals surface area contributed by atoms with Gasteiger partial charge in [0.1, 0.15) is 0 Å². The summed E-state index contributed by atoms with van der Waals surface area (Å²) >= 11 is 6.43. The largest absolute Gasteiger partial charge is 0.390 e. The topological polar surface area (TPSA) is 47.3 Å². The van der Waals surface area contributed by atoms with E-state index in [0.717, 1.165) is 28.3 Å². The zero-order valence-electron chi connectivity index (χ0n) is 10.9. The van der Waals surface area contributed by atoms with Crippen molar-refractivity contribution >= 4 is 11.6 Å². The third-order valence-corrected chi connectivity index (χ3v) is 4.70. The minimum Gasteiger partial charge on any atom is -0.390 e. The number of aliphatic hydroxyl groups excluding tert-OH is 1. The molecule has 2 aromatic rings. The quantitative estimate of drug-likeness (QED) is 0.878. The van der Waals surface area contributed by atoms with Crippen LogP contribution in [-0.4, -0.2) is 34.0 Å². The first-order chi connectivity index (χ1) is 9.77. The van der Waals surface area contributed by atoms with Gasteiger partial charge in [-0.15, -0.1) is 0 Å². The molecule has 0 bridgehead atoms. The summed E-state index contributed by atoms with van der Waals surface area (Å²) in [5, 5.41) is 11.1. The highest BCUT2D eigenvalue weighted by molar-refractivity contribution is 6.32. The van der Waals surface area contributed by atoms with Crippen LogP contribution in [0.15, 0.2) is 30.7 Å². The lowest BCUT2D eigenvalue weighted by Gasteiger charge is -2.33. The van der Waals surface area contributed by atoms with Gasteiger partial charge in [-0.2, -0.15) is 0 Å². The van der Waals surface area contributed by atoms with Crippen LogP contribution in [0.5, 0.6) is 0 Å². The molecule has 4 rings (SSSR count). The molecule has 1 aromatic carbocycles. The van der Waals surface area contributed by atoms with Gasteiger partial charge in [-0.1, -0.05) is 23.7 Å². The van der Waals surface area contributed by atoms with E-state index in [-0.39, 0.29) is 12.0 Å². The number of halogens is 1. The van der Waals surface area contributed by atoms with Crippen LogP contribution >= 0.6 is 11.6 Å². The first kappa shape index (κ1) is 12.4. The summed E-state index contributed by atoms with van der Waals surface area (Å²) in [5.74, 6) is 0.109. The summed E-state index contributed by atoms with van der Waals surface area (Å²) < 4.78 is 7.49. The second kappa shape index (κ2) is 4.58. The van der Waals surface area contributed by atoms with Crippen LogP contribution in [0.2, 0.25) is 5.02 Å². The number of fused-ring (bicyclic) bond motifs is 3. The van der Waals surface area contributed by atoms with Crippen molar-refractivity contribution in [2.24, 2.45) is 5.92 Å². The molecule has 1 N–H and O–H groups in total. The van der Waals surface area contributed by atoms with Gasteiger partial charge in [-0.3, -0.25) is 0 Å². The maximum atomic E-state index is 10.3. The van der Waals surface area contributed by atoms with E-state index in [1.165, 1.54) is 0 Å². The van der Waals surface area contributed by atoms with E-state index in [9.17, 15) is 5.11 Å². The van der Waals surface area contributed by atoms with Crippen molar-refractivity contribution in [1.82, 2.24) is 9.55 Å². The van der Waals surface area contributed by atoms with E-state index in [1.807, 2.05) is 24.7 Å². The summed E-state index contributed by atoms with van der Waals surface area (Å²) in [6.07, 6.45) is 4.05. The van der Waals surface area contributed by atoms with Crippen molar-refractivity contribution in [1.29, 1.82) is 0 Å². The van der Waals surface area contributed by atoms with Crippen LogP contribution < -0.4 is 0 Å². The normalized spacial score (nSPS) is 28.2. The van der Waals surface area contributed by atoms with E-state index in [1.54, 1.807) is 0 Å². The lowest BCUT2D eigenvalue weighted by atomic mass is 9.85. The molecule has 3 heterocycles. The average molecular weight is 291 g/mol. The molecule has 4 nitrogen and oxygen atoms in total. The molecule has 104 valence electrons. The molecule has 5 heteroatoms. The van der Waals surface area contributed by atoms with E-state index < -0.39 is 6.10 Å². The van der Waals surface area contributed by atoms with E-state index in [4.69, 9.17) is 16.3 Å². The van der Waals surface area contributed by atoms with E-state index in [2.05, 4.69) is 15.6 Å². The predicted molar refractivity (Wildman–Crippen MR) is 75.7 cm³/mol. The molecule has 2 aliphatic heterocycles. The Kier molecular flexibility index (Phi) is 2.84. The number of hydrogen-bond donors (Lipinski definition) is 1. The molecule has 0 amide bonds. The Morgan fingerprint density at radius 2 is 2.30 bits per heavy atom. The van der Waals surface area contributed by atoms with Gasteiger partial charge in [-0.25, -0.2) is 4.98 Å². The van der Waals surface area contributed by atoms with Crippen LogP contribution in [0.4, 0.5) is 0 Å². The van der Waals surface area contributed by atoms with Gasteiger partial charge in [0.2, 0.25) is 0 Å². The molecule has 1 saturated heterocycles. The Balaban J connectivity index is 1.88. The fraction of sp³-hybridized carbons (Fsp3) is 0.400. The maximum absolute atomic E-state index is 10.3. The van der Waals surface area contributed by atoms with Gasteiger partial charge in [-0.05, 0) is 12.5 Å². The van der Waals surface area contributed by atoms with Gasteiger partial charge in [0.05, 0.1) is 37.0 Å². The van der Waals surface area contributed by atoms with Crippen LogP contribution in [0.25, 0.3) is 11.3 Å². The maximum Gasteiger partial charge on any atom is 0.0956 e. The molecule has 0 spiro atoms. The zero-order valence-corrected chi connectivity index (χ0v) is 11.6. The lowest BCUT2D eigenvalue weighted by Crippen LogP contribution is -2.37. The number of imidazole rings is 1. The minimum absolute atomic E-state index is 0.0510. The van der Waals surface area contributed by atoms with Gasteiger partial charge < -0.3 is 14.4 Å². The number of ether oxygens (including phenoxy) is 1. The number of hydrogen-bond acceptors (Lipinski definition) is 3. The fourth-order valence-corrected chi connectivity index (χ4v) is 3.75. The summed E-state index contributed by atoms with van der Waals surface area (Å²) in [6.45, 7) is 1.08. The van der Waals surface area contributed by atoms with Crippen LogP contribution in [0, 0.1) is 5.92 Å². The molecule has 0 saturated carbocycles. The highest BCUT2D eigenvalue weighted by Gasteiger charge is 2.40. The molecule has 20 heavy (non-hydrogen) atoms. The zero-order chi connectivity index (χ0) is 13.7. The van der Waals surface area contributed by atoms with E-state index >= 15 is 0 Å². The molecule has 0 aliphatic carbocycles. The van der Waals surface area contributed by atoms with Crippen molar-refractivity contribution in [3.8, 4) is 11.3 Å². The Hall–Kier alpha value is -1.36. The standard InChI is InChI=1S/C15H15ClN2O2/c16-11-3-1-2-9-12-6-17-8-18(12)15(14(9)11)10-4-5-20-7-13(10)19/h1-3,6,8,10,13,15,19H,4-5,7H2/t10-,13?,15-/m1/s1. The summed E-state index contributed by atoms with van der Waals surface area (Å²) in [5.41, 5.74) is 3.31. The Bertz CT molecular complexity index is 655. The molecule has 1 fully saturated rings. The van der Waals surface area contributed by atoms with Crippen LogP contribution in [-0.2, 0) is 4.74 Å². The average Bonchev–Trinajstić information content (AvgIpc) is 3.01. The lowest BCUT2D eigenvalue weighted by molar-refractivity contribution is -0.0540. The Morgan fingerprint density at radius 1 is 1.40 bits per heavy atom. The fourth-order valence-electron chi connectivity index (χ4n) is 3.46. The molecule has 0 radical (unpaired) electrons. The first-order valence-corrected chi connectivity index (χ1v) is 7.21. The van der Waals surface area contributed by atoms with Crippen molar-refractivity contribution < 1.29 is 9.84 Å². The summed E-state index contributed by atoms with van der Waals surface area (Å²) in [7, 11) is 0. The van der Waals surface area contributed by atoms with Crippen molar-refractivity contribution in [2.45, 2.75) is 18.6 Å². The Labute approximate surface area is 122 Å². The SMILES string of the molecule is OC1COCC[C@H]1[C@@H]1c2c(Cl)cccc2-c2cncn21. The minimum atomic E-state index is -0.466. The third kappa shape index (κ3) is 1.65. The molecule has 1 aromatic heterocycles. The summed E-state index contributed by atoms with van der Waals surface area (Å²) in [4.78, 5) is 4.25. The van der Waals surface area contributed by atoms with Gasteiger partial charge >= 0.3 is 0 Å². The molecular formula is C15H15ClN2O2. The first-order valence-electron chi connectivity index (χ1n) is 6.84. The smallest absolute Gasteiger partial charge is 0.0956 e. The monoisotopic (exact) mass is 290 g/mol. The van der Waals surface area contributed by atoms with E-state index in [0.29, 0.717) is 13.2 Å². The Morgan fingerprint density at radius 3 is 3.15 bits per heavy atom. The highest BCUT2D eigenvalue weighted by atomic mass is 35.5. The summed E-state index contributed by atoms with van der Waals surface area (Å²) in [6, 6.07) is 6.00. The number of aromatic nitrogens is 2. The van der Waals surface area contributed by atoms with Crippen molar-refractivity contribution in [3.63, 3.8) is 0 Å². The van der Waals surface area contributed by atoms with Gasteiger partial charge in [0.15, 0.2) is 0 Å². The third-order valence-electron chi connectivity index (χ3n) is 4.37. The number of nitrogens with zero attached hydrogens (tertiary/aromatic N) is 2. The second-order valence-electron chi connectivity index (χ2n) is 5.43.